The van der Waals surface area contributed by atoms with E-state index in [1.165, 1.54) is 12.1 Å². The first-order valence-corrected chi connectivity index (χ1v) is 6.20. The lowest BCUT2D eigenvalue weighted by Crippen LogP contribution is -1.96. The minimum Gasteiger partial charge on any atom is -0.497 e. The molecule has 0 heterocycles. The predicted octanol–water partition coefficient (Wildman–Crippen LogP) is 4.17. The molecule has 4 heteroatoms. The zero-order chi connectivity index (χ0) is 13.8. The molecule has 2 nitrogen and oxygen atoms in total. The summed E-state index contributed by atoms with van der Waals surface area (Å²) in [6, 6.07) is 11.6. The lowest BCUT2D eigenvalue weighted by molar-refractivity contribution is 0.393. The van der Waals surface area contributed by atoms with Gasteiger partial charge >= 0.3 is 0 Å². The first-order chi connectivity index (χ1) is 9.13. The van der Waals surface area contributed by atoms with E-state index >= 15 is 0 Å². The molecule has 0 saturated carbocycles. The second-order valence-corrected chi connectivity index (χ2v) is 4.50. The number of alkyl halides is 1. The van der Waals surface area contributed by atoms with Gasteiger partial charge in [0.2, 0.25) is 0 Å². The summed E-state index contributed by atoms with van der Waals surface area (Å²) in [6.45, 7) is 0. The van der Waals surface area contributed by atoms with Crippen molar-refractivity contribution in [1.82, 2.24) is 0 Å². The van der Waals surface area contributed by atoms with Crippen LogP contribution in [0.25, 0.3) is 0 Å². The maximum atomic E-state index is 12.9. The van der Waals surface area contributed by atoms with E-state index in [2.05, 4.69) is 0 Å². The van der Waals surface area contributed by atoms with Crippen LogP contribution < -0.4 is 9.47 Å². The van der Waals surface area contributed by atoms with Gasteiger partial charge in [0.25, 0.3) is 0 Å². The molecular formula is C15H14ClFO2. The first-order valence-electron chi connectivity index (χ1n) is 5.76. The largest absolute Gasteiger partial charge is 0.497 e. The third-order valence-electron chi connectivity index (χ3n) is 2.83. The highest BCUT2D eigenvalue weighted by atomic mass is 35.5. The average Bonchev–Trinajstić information content (AvgIpc) is 2.46. The SMILES string of the molecule is COc1cc(OC)cc(C(Cl)c2ccc(F)cc2)c1. The minimum absolute atomic E-state index is 0.282. The van der Waals surface area contributed by atoms with Gasteiger partial charge in [-0.3, -0.25) is 0 Å². The summed E-state index contributed by atoms with van der Waals surface area (Å²) in [7, 11) is 3.17. The summed E-state index contributed by atoms with van der Waals surface area (Å²) in [5.41, 5.74) is 1.66. The predicted molar refractivity (Wildman–Crippen MR) is 73.6 cm³/mol. The summed E-state index contributed by atoms with van der Waals surface area (Å²) in [6.07, 6.45) is 0. The van der Waals surface area contributed by atoms with Gasteiger partial charge in [-0.1, -0.05) is 12.1 Å². The molecule has 0 radical (unpaired) electrons. The van der Waals surface area contributed by atoms with Crippen LogP contribution in [0.5, 0.6) is 11.5 Å². The van der Waals surface area contributed by atoms with E-state index in [1.807, 2.05) is 12.1 Å². The van der Waals surface area contributed by atoms with Gasteiger partial charge in [-0.2, -0.15) is 0 Å². The molecule has 0 fully saturated rings. The number of methoxy groups -OCH3 is 2. The Morgan fingerprint density at radius 1 is 0.895 bits per heavy atom. The van der Waals surface area contributed by atoms with Crippen LogP contribution in [0.3, 0.4) is 0 Å². The lowest BCUT2D eigenvalue weighted by Gasteiger charge is -2.13. The molecule has 19 heavy (non-hydrogen) atoms. The molecule has 2 rings (SSSR count). The van der Waals surface area contributed by atoms with E-state index in [4.69, 9.17) is 21.1 Å². The van der Waals surface area contributed by atoms with Gasteiger partial charge in [-0.15, -0.1) is 11.6 Å². The maximum Gasteiger partial charge on any atom is 0.123 e. The third-order valence-corrected chi connectivity index (χ3v) is 3.33. The van der Waals surface area contributed by atoms with E-state index < -0.39 is 0 Å². The standard InChI is InChI=1S/C15H14ClFO2/c1-18-13-7-11(8-14(9-13)19-2)15(16)10-3-5-12(17)6-4-10/h3-9,15H,1-2H3. The highest BCUT2D eigenvalue weighted by molar-refractivity contribution is 6.22. The summed E-state index contributed by atoms with van der Waals surface area (Å²) in [5, 5.41) is -0.385. The van der Waals surface area contributed by atoms with Crippen LogP contribution in [0.4, 0.5) is 4.39 Å². The van der Waals surface area contributed by atoms with E-state index in [-0.39, 0.29) is 11.2 Å². The van der Waals surface area contributed by atoms with Crippen molar-refractivity contribution >= 4 is 11.6 Å². The average molecular weight is 281 g/mol. The molecule has 1 unspecified atom stereocenters. The molecule has 0 aliphatic rings. The molecule has 1 atom stereocenters. The van der Waals surface area contributed by atoms with Crippen LogP contribution in [-0.4, -0.2) is 14.2 Å². The topological polar surface area (TPSA) is 18.5 Å². The van der Waals surface area contributed by atoms with Crippen molar-refractivity contribution in [2.45, 2.75) is 5.38 Å². The van der Waals surface area contributed by atoms with Crippen LogP contribution in [0.1, 0.15) is 16.5 Å². The summed E-state index contributed by atoms with van der Waals surface area (Å²) < 4.78 is 23.3. The number of halogens is 2. The summed E-state index contributed by atoms with van der Waals surface area (Å²) in [4.78, 5) is 0. The van der Waals surface area contributed by atoms with Gasteiger partial charge in [0.1, 0.15) is 17.3 Å². The van der Waals surface area contributed by atoms with Crippen molar-refractivity contribution in [3.63, 3.8) is 0 Å². The molecular weight excluding hydrogens is 267 g/mol. The van der Waals surface area contributed by atoms with E-state index in [0.717, 1.165) is 11.1 Å². The smallest absolute Gasteiger partial charge is 0.123 e. The number of ether oxygens (including phenoxy) is 2. The van der Waals surface area contributed by atoms with Crippen LogP contribution >= 0.6 is 11.6 Å². The molecule has 0 bridgehead atoms. The van der Waals surface area contributed by atoms with Crippen molar-refractivity contribution in [3.8, 4) is 11.5 Å². The Morgan fingerprint density at radius 3 is 1.89 bits per heavy atom. The Kier molecular flexibility index (Phi) is 4.27. The Balaban J connectivity index is 2.37. The molecule has 0 N–H and O–H groups in total. The molecule has 0 aliphatic heterocycles. The Labute approximate surface area is 116 Å². The van der Waals surface area contributed by atoms with Crippen molar-refractivity contribution in [2.75, 3.05) is 14.2 Å². The second-order valence-electron chi connectivity index (χ2n) is 4.06. The fourth-order valence-corrected chi connectivity index (χ4v) is 2.07. The summed E-state index contributed by atoms with van der Waals surface area (Å²) >= 11 is 6.41. The highest BCUT2D eigenvalue weighted by Crippen LogP contribution is 2.34. The van der Waals surface area contributed by atoms with Crippen LogP contribution in [0, 0.1) is 5.82 Å². The fraction of sp³-hybridized carbons (Fsp3) is 0.200. The number of hydrogen-bond acceptors (Lipinski definition) is 2. The molecule has 0 saturated heterocycles. The maximum absolute atomic E-state index is 12.9. The van der Waals surface area contributed by atoms with Gasteiger partial charge in [0.15, 0.2) is 0 Å². The highest BCUT2D eigenvalue weighted by Gasteiger charge is 2.13. The van der Waals surface area contributed by atoms with Gasteiger partial charge in [0.05, 0.1) is 19.6 Å². The number of hydrogen-bond donors (Lipinski definition) is 0. The number of rotatable bonds is 4. The van der Waals surface area contributed by atoms with Crippen molar-refractivity contribution in [2.24, 2.45) is 0 Å². The van der Waals surface area contributed by atoms with E-state index in [0.29, 0.717) is 11.5 Å². The zero-order valence-electron chi connectivity index (χ0n) is 10.7. The molecule has 0 amide bonds. The molecule has 100 valence electrons. The van der Waals surface area contributed by atoms with Crippen LogP contribution in [-0.2, 0) is 0 Å². The van der Waals surface area contributed by atoms with Crippen LogP contribution in [0.15, 0.2) is 42.5 Å². The van der Waals surface area contributed by atoms with E-state index in [1.54, 1.807) is 32.4 Å². The minimum atomic E-state index is -0.385. The second kappa shape index (κ2) is 5.93. The summed E-state index contributed by atoms with van der Waals surface area (Å²) in [5.74, 6) is 1.06. The molecule has 0 spiro atoms. The van der Waals surface area contributed by atoms with E-state index in [9.17, 15) is 4.39 Å². The molecule has 2 aromatic carbocycles. The van der Waals surface area contributed by atoms with Crippen molar-refractivity contribution in [1.29, 1.82) is 0 Å². The number of benzene rings is 2. The quantitative estimate of drug-likeness (QED) is 0.783. The zero-order valence-corrected chi connectivity index (χ0v) is 11.4. The Morgan fingerprint density at radius 2 is 1.42 bits per heavy atom. The van der Waals surface area contributed by atoms with Gasteiger partial charge in [0, 0.05) is 6.07 Å². The molecule has 0 aliphatic carbocycles. The lowest BCUT2D eigenvalue weighted by atomic mass is 10.0. The first kappa shape index (κ1) is 13.7. The van der Waals surface area contributed by atoms with Gasteiger partial charge in [-0.05, 0) is 35.4 Å². The van der Waals surface area contributed by atoms with Gasteiger partial charge in [-0.25, -0.2) is 4.39 Å². The normalized spacial score (nSPS) is 12.0. The molecule has 2 aromatic rings. The Bertz CT molecular complexity index is 532. The van der Waals surface area contributed by atoms with Crippen molar-refractivity contribution < 1.29 is 13.9 Å². The molecule has 0 aromatic heterocycles. The third kappa shape index (κ3) is 3.18. The van der Waals surface area contributed by atoms with Crippen molar-refractivity contribution in [3.05, 3.63) is 59.4 Å². The fourth-order valence-electron chi connectivity index (χ4n) is 1.80. The van der Waals surface area contributed by atoms with Gasteiger partial charge < -0.3 is 9.47 Å². The Hall–Kier alpha value is -1.74. The monoisotopic (exact) mass is 280 g/mol. The van der Waals surface area contributed by atoms with Crippen LogP contribution in [0.2, 0.25) is 0 Å².